The summed E-state index contributed by atoms with van der Waals surface area (Å²) in [5.41, 5.74) is 10.9. The molecular weight excluding hydrogens is 314 g/mol. The zero-order chi connectivity index (χ0) is 15.1. The second kappa shape index (κ2) is 5.16. The monoisotopic (exact) mass is 325 g/mol. The van der Waals surface area contributed by atoms with Crippen LogP contribution in [0, 0.1) is 0 Å². The van der Waals surface area contributed by atoms with Crippen LogP contribution >= 0.6 is 22.9 Å². The number of halogens is 1. The fourth-order valence-electron chi connectivity index (χ4n) is 2.65. The molecular formula is C17H12ClN3S. The average Bonchev–Trinajstić information content (AvgIpc) is 3.11. The second-order valence-electron chi connectivity index (χ2n) is 5.00. The minimum Gasteiger partial charge on any atom is -0.375 e. The van der Waals surface area contributed by atoms with Crippen molar-refractivity contribution in [2.75, 3.05) is 5.73 Å². The Balaban J connectivity index is 2.08. The molecule has 2 aromatic heterocycles. The van der Waals surface area contributed by atoms with Gasteiger partial charge >= 0.3 is 0 Å². The fraction of sp³-hybridized carbons (Fsp3) is 0. The topological polar surface area (TPSA) is 54.7 Å². The van der Waals surface area contributed by atoms with Crippen LogP contribution in [0.4, 0.5) is 5.13 Å². The van der Waals surface area contributed by atoms with E-state index in [0.29, 0.717) is 10.2 Å². The summed E-state index contributed by atoms with van der Waals surface area (Å²) in [5, 5.41) is 4.29. The zero-order valence-corrected chi connectivity index (χ0v) is 13.1. The molecule has 22 heavy (non-hydrogen) atoms. The van der Waals surface area contributed by atoms with Gasteiger partial charge in [0.15, 0.2) is 5.13 Å². The summed E-state index contributed by atoms with van der Waals surface area (Å²) < 4.78 is 0. The van der Waals surface area contributed by atoms with Crippen molar-refractivity contribution in [2.24, 2.45) is 0 Å². The van der Waals surface area contributed by atoms with Crippen molar-refractivity contribution in [3.05, 3.63) is 58.9 Å². The minimum absolute atomic E-state index is 0.561. The molecule has 5 heteroatoms. The molecule has 0 aliphatic heterocycles. The van der Waals surface area contributed by atoms with E-state index >= 15 is 0 Å². The number of hydrogen-bond acceptors (Lipinski definition) is 3. The summed E-state index contributed by atoms with van der Waals surface area (Å²) in [6, 6.07) is 16.0. The molecule has 0 saturated carbocycles. The van der Waals surface area contributed by atoms with Gasteiger partial charge in [-0.05, 0) is 23.8 Å². The van der Waals surface area contributed by atoms with Gasteiger partial charge in [0.1, 0.15) is 0 Å². The highest BCUT2D eigenvalue weighted by Crippen LogP contribution is 2.39. The van der Waals surface area contributed by atoms with E-state index in [0.717, 1.165) is 33.4 Å². The maximum atomic E-state index is 6.18. The van der Waals surface area contributed by atoms with Gasteiger partial charge in [0.05, 0.1) is 11.4 Å². The number of H-pyrrole nitrogens is 1. The van der Waals surface area contributed by atoms with Gasteiger partial charge in [-0.25, -0.2) is 4.98 Å². The molecule has 0 spiro atoms. The first-order valence-corrected chi connectivity index (χ1v) is 8.06. The lowest BCUT2D eigenvalue weighted by Crippen LogP contribution is -1.85. The summed E-state index contributed by atoms with van der Waals surface area (Å²) in [5.74, 6) is 0. The van der Waals surface area contributed by atoms with E-state index in [1.165, 1.54) is 11.3 Å². The molecule has 0 fully saturated rings. The fourth-order valence-corrected chi connectivity index (χ4v) is 3.38. The quantitative estimate of drug-likeness (QED) is 0.532. The van der Waals surface area contributed by atoms with E-state index in [1.807, 2.05) is 41.8 Å². The number of nitrogens with two attached hydrogens (primary N) is 1. The summed E-state index contributed by atoms with van der Waals surface area (Å²) >= 11 is 7.62. The van der Waals surface area contributed by atoms with Gasteiger partial charge in [-0.15, -0.1) is 11.3 Å². The van der Waals surface area contributed by atoms with Gasteiger partial charge in [0.2, 0.25) is 0 Å². The highest BCUT2D eigenvalue weighted by molar-refractivity contribution is 7.13. The van der Waals surface area contributed by atoms with Crippen LogP contribution in [0.3, 0.4) is 0 Å². The van der Waals surface area contributed by atoms with Crippen molar-refractivity contribution in [3.8, 4) is 22.5 Å². The van der Waals surface area contributed by atoms with E-state index in [4.69, 9.17) is 17.3 Å². The lowest BCUT2D eigenvalue weighted by Gasteiger charge is -2.02. The van der Waals surface area contributed by atoms with E-state index in [2.05, 4.69) is 22.1 Å². The molecule has 0 aliphatic carbocycles. The molecule has 4 rings (SSSR count). The van der Waals surface area contributed by atoms with Crippen LogP contribution in [0.2, 0.25) is 5.02 Å². The van der Waals surface area contributed by atoms with Crippen LogP contribution in [-0.2, 0) is 0 Å². The molecule has 0 saturated heterocycles. The van der Waals surface area contributed by atoms with Gasteiger partial charge in [-0.1, -0.05) is 41.9 Å². The Bertz CT molecular complexity index is 957. The van der Waals surface area contributed by atoms with Crippen molar-refractivity contribution in [2.45, 2.75) is 0 Å². The Kier molecular flexibility index (Phi) is 3.13. The lowest BCUT2D eigenvalue weighted by molar-refractivity contribution is 1.40. The number of fused-ring (bicyclic) bond motifs is 1. The number of aromatic nitrogens is 2. The largest absolute Gasteiger partial charge is 0.375 e. The molecule has 0 radical (unpaired) electrons. The summed E-state index contributed by atoms with van der Waals surface area (Å²) in [6.07, 6.45) is 0. The number of nitrogens with zero attached hydrogens (tertiary/aromatic N) is 1. The van der Waals surface area contributed by atoms with Crippen LogP contribution in [0.15, 0.2) is 53.9 Å². The molecule has 3 N–H and O–H groups in total. The minimum atomic E-state index is 0.561. The van der Waals surface area contributed by atoms with Crippen LogP contribution in [0.25, 0.3) is 33.4 Å². The van der Waals surface area contributed by atoms with Crippen molar-refractivity contribution in [1.82, 2.24) is 9.97 Å². The Morgan fingerprint density at radius 1 is 1.09 bits per heavy atom. The molecule has 2 heterocycles. The lowest BCUT2D eigenvalue weighted by atomic mass is 10.0. The van der Waals surface area contributed by atoms with Gasteiger partial charge in [-0.3, -0.25) is 0 Å². The normalized spacial score (nSPS) is 11.1. The number of rotatable bonds is 2. The standard InChI is InChI=1S/C17H12ClN3S/c18-11-6-7-13-12(8-11)15(14-9-22-17(19)21-14)16(20-13)10-4-2-1-3-5-10/h1-9,20H,(H2,19,21). The number of thiazole rings is 1. The van der Waals surface area contributed by atoms with Gasteiger partial charge < -0.3 is 10.7 Å². The second-order valence-corrected chi connectivity index (χ2v) is 6.33. The van der Waals surface area contributed by atoms with Crippen molar-refractivity contribution in [1.29, 1.82) is 0 Å². The number of anilines is 1. The third kappa shape index (κ3) is 2.17. The van der Waals surface area contributed by atoms with Crippen LogP contribution < -0.4 is 5.73 Å². The third-order valence-electron chi connectivity index (χ3n) is 3.60. The van der Waals surface area contributed by atoms with Crippen LogP contribution in [-0.4, -0.2) is 9.97 Å². The van der Waals surface area contributed by atoms with Gasteiger partial charge in [-0.2, -0.15) is 0 Å². The van der Waals surface area contributed by atoms with E-state index in [9.17, 15) is 0 Å². The van der Waals surface area contributed by atoms with Crippen molar-refractivity contribution >= 4 is 39.0 Å². The molecule has 0 amide bonds. The Labute approximate surface area is 136 Å². The first-order valence-electron chi connectivity index (χ1n) is 6.80. The molecule has 0 aliphatic rings. The summed E-state index contributed by atoms with van der Waals surface area (Å²) in [4.78, 5) is 7.93. The SMILES string of the molecule is Nc1nc(-c2c(-c3ccccc3)[nH]c3ccc(Cl)cc23)cs1. The number of nitrogens with one attached hydrogen (secondary N) is 1. The molecule has 0 bridgehead atoms. The Hall–Kier alpha value is -2.30. The first-order chi connectivity index (χ1) is 10.7. The molecule has 108 valence electrons. The number of benzene rings is 2. The van der Waals surface area contributed by atoms with Crippen molar-refractivity contribution < 1.29 is 0 Å². The van der Waals surface area contributed by atoms with Gasteiger partial charge in [0.25, 0.3) is 0 Å². The Morgan fingerprint density at radius 2 is 1.91 bits per heavy atom. The average molecular weight is 326 g/mol. The van der Waals surface area contributed by atoms with E-state index in [1.54, 1.807) is 0 Å². The number of nitrogen functional groups attached to an aromatic ring is 1. The zero-order valence-electron chi connectivity index (χ0n) is 11.5. The van der Waals surface area contributed by atoms with Crippen LogP contribution in [0.5, 0.6) is 0 Å². The van der Waals surface area contributed by atoms with E-state index in [-0.39, 0.29) is 0 Å². The highest BCUT2D eigenvalue weighted by Gasteiger charge is 2.17. The maximum Gasteiger partial charge on any atom is 0.180 e. The molecule has 3 nitrogen and oxygen atoms in total. The first kappa shape index (κ1) is 13.4. The highest BCUT2D eigenvalue weighted by atomic mass is 35.5. The number of hydrogen-bond donors (Lipinski definition) is 2. The predicted octanol–water partition coefficient (Wildman–Crippen LogP) is 5.19. The van der Waals surface area contributed by atoms with Crippen molar-refractivity contribution in [3.63, 3.8) is 0 Å². The molecule has 4 aromatic rings. The Morgan fingerprint density at radius 3 is 2.64 bits per heavy atom. The smallest absolute Gasteiger partial charge is 0.180 e. The number of aromatic amines is 1. The summed E-state index contributed by atoms with van der Waals surface area (Å²) in [6.45, 7) is 0. The van der Waals surface area contributed by atoms with Crippen LogP contribution in [0.1, 0.15) is 0 Å². The van der Waals surface area contributed by atoms with E-state index < -0.39 is 0 Å². The maximum absolute atomic E-state index is 6.18. The predicted molar refractivity (Wildman–Crippen MR) is 94.3 cm³/mol. The molecule has 0 atom stereocenters. The van der Waals surface area contributed by atoms with Gasteiger partial charge in [0, 0.05) is 26.9 Å². The molecule has 2 aromatic carbocycles. The summed E-state index contributed by atoms with van der Waals surface area (Å²) in [7, 11) is 0. The third-order valence-corrected chi connectivity index (χ3v) is 4.51. The molecule has 0 unspecified atom stereocenters.